The van der Waals surface area contributed by atoms with Crippen LogP contribution < -0.4 is 5.32 Å². The number of piperazine rings is 1. The molecule has 0 saturated carbocycles. The zero-order valence-corrected chi connectivity index (χ0v) is 19.3. The third kappa shape index (κ3) is 3.96. The van der Waals surface area contributed by atoms with E-state index < -0.39 is 17.4 Å². The van der Waals surface area contributed by atoms with Gasteiger partial charge in [0.2, 0.25) is 11.8 Å². The van der Waals surface area contributed by atoms with Gasteiger partial charge in [0.25, 0.3) is 0 Å². The molecule has 8 heteroatoms. The van der Waals surface area contributed by atoms with E-state index >= 15 is 0 Å². The van der Waals surface area contributed by atoms with Crippen molar-refractivity contribution in [3.63, 3.8) is 0 Å². The first-order valence-electron chi connectivity index (χ1n) is 11.5. The molecule has 172 valence electrons. The van der Waals surface area contributed by atoms with Gasteiger partial charge in [0.15, 0.2) is 0 Å². The SMILES string of the molecule is CN1CCN(CCCNC(=O)C2C3C=CC4(CN(Cc5ccccc5Cl)C(=O)C24)O3)CC1. The van der Waals surface area contributed by atoms with Crippen molar-refractivity contribution in [2.24, 2.45) is 11.8 Å². The van der Waals surface area contributed by atoms with Gasteiger partial charge in [-0.1, -0.05) is 42.0 Å². The summed E-state index contributed by atoms with van der Waals surface area (Å²) in [7, 11) is 2.15. The number of amides is 2. The number of likely N-dealkylation sites (N-methyl/N-ethyl adjacent to an activating group) is 1. The van der Waals surface area contributed by atoms with Crippen LogP contribution in [0.2, 0.25) is 5.02 Å². The Labute approximate surface area is 194 Å². The number of carbonyl (C=O) groups is 2. The Kier molecular flexibility index (Phi) is 6.01. The zero-order chi connectivity index (χ0) is 22.3. The van der Waals surface area contributed by atoms with E-state index in [2.05, 4.69) is 22.2 Å². The molecule has 0 aliphatic carbocycles. The van der Waals surface area contributed by atoms with Crippen LogP contribution in [-0.2, 0) is 20.9 Å². The van der Waals surface area contributed by atoms with Crippen LogP contribution in [0, 0.1) is 11.8 Å². The largest absolute Gasteiger partial charge is 0.360 e. The van der Waals surface area contributed by atoms with Crippen molar-refractivity contribution in [2.75, 3.05) is 52.9 Å². The van der Waals surface area contributed by atoms with Gasteiger partial charge in [-0.15, -0.1) is 0 Å². The Balaban J connectivity index is 1.18. The molecule has 5 rings (SSSR count). The first-order chi connectivity index (χ1) is 15.5. The van der Waals surface area contributed by atoms with E-state index in [1.165, 1.54) is 0 Å². The number of benzene rings is 1. The van der Waals surface area contributed by atoms with Crippen LogP contribution in [0.4, 0.5) is 0 Å². The topological polar surface area (TPSA) is 65.1 Å². The summed E-state index contributed by atoms with van der Waals surface area (Å²) in [5.41, 5.74) is 0.215. The van der Waals surface area contributed by atoms with E-state index in [1.54, 1.807) is 4.90 Å². The predicted octanol–water partition coefficient (Wildman–Crippen LogP) is 1.38. The van der Waals surface area contributed by atoms with Gasteiger partial charge in [-0.3, -0.25) is 9.59 Å². The van der Waals surface area contributed by atoms with Crippen LogP contribution >= 0.6 is 11.6 Å². The fraction of sp³-hybridized carbons (Fsp3) is 0.583. The molecule has 4 aliphatic rings. The molecule has 32 heavy (non-hydrogen) atoms. The summed E-state index contributed by atoms with van der Waals surface area (Å²) in [4.78, 5) is 33.0. The molecule has 4 aliphatic heterocycles. The van der Waals surface area contributed by atoms with E-state index in [0.717, 1.165) is 44.7 Å². The lowest BCUT2D eigenvalue weighted by atomic mass is 9.77. The highest BCUT2D eigenvalue weighted by molar-refractivity contribution is 6.31. The Morgan fingerprint density at radius 2 is 2.03 bits per heavy atom. The van der Waals surface area contributed by atoms with Gasteiger partial charge in [0.1, 0.15) is 5.60 Å². The summed E-state index contributed by atoms with van der Waals surface area (Å²) in [6.45, 7) is 6.83. The summed E-state index contributed by atoms with van der Waals surface area (Å²) in [5.74, 6) is -1.02. The Morgan fingerprint density at radius 1 is 1.25 bits per heavy atom. The molecule has 0 radical (unpaired) electrons. The van der Waals surface area contributed by atoms with Crippen LogP contribution in [0.15, 0.2) is 36.4 Å². The summed E-state index contributed by atoms with van der Waals surface area (Å²) in [6, 6.07) is 7.56. The third-order valence-corrected chi connectivity index (χ3v) is 7.72. The molecule has 2 bridgehead atoms. The average Bonchev–Trinajstić information content (AvgIpc) is 3.42. The highest BCUT2D eigenvalue weighted by Gasteiger charge is 2.66. The Hall–Kier alpha value is -1.93. The lowest BCUT2D eigenvalue weighted by Crippen LogP contribution is -2.46. The summed E-state index contributed by atoms with van der Waals surface area (Å²) < 4.78 is 6.22. The average molecular weight is 459 g/mol. The smallest absolute Gasteiger partial charge is 0.230 e. The van der Waals surface area contributed by atoms with Gasteiger partial charge < -0.3 is 24.8 Å². The minimum atomic E-state index is -0.690. The second kappa shape index (κ2) is 8.78. The third-order valence-electron chi connectivity index (χ3n) is 7.35. The van der Waals surface area contributed by atoms with Crippen LogP contribution in [0.1, 0.15) is 12.0 Å². The summed E-state index contributed by atoms with van der Waals surface area (Å²) in [6.07, 6.45) is 4.54. The van der Waals surface area contributed by atoms with Gasteiger partial charge >= 0.3 is 0 Å². The number of nitrogens with one attached hydrogen (secondary N) is 1. The van der Waals surface area contributed by atoms with Crippen molar-refractivity contribution in [3.8, 4) is 0 Å². The minimum Gasteiger partial charge on any atom is -0.360 e. The second-order valence-corrected chi connectivity index (χ2v) is 9.88. The number of hydrogen-bond acceptors (Lipinski definition) is 5. The van der Waals surface area contributed by atoms with Gasteiger partial charge in [0, 0.05) is 44.3 Å². The standard InChI is InChI=1S/C24H31ClN4O3/c1-27-11-13-28(14-12-27)10-4-9-26-22(30)20-19-7-8-24(32-19)16-29(23(31)21(20)24)15-17-5-2-3-6-18(17)25/h2-3,5-8,19-21H,4,9-16H2,1H3,(H,26,30). The summed E-state index contributed by atoms with van der Waals surface area (Å²) in [5, 5.41) is 3.72. The molecular formula is C24H31ClN4O3. The first kappa shape index (κ1) is 21.9. The molecule has 2 amide bonds. The molecule has 1 spiro atoms. The fourth-order valence-corrected chi connectivity index (χ4v) is 5.74. The monoisotopic (exact) mass is 458 g/mol. The molecule has 3 saturated heterocycles. The second-order valence-electron chi connectivity index (χ2n) is 9.48. The lowest BCUT2D eigenvalue weighted by molar-refractivity contribution is -0.137. The minimum absolute atomic E-state index is 0.0191. The molecule has 1 N–H and O–H groups in total. The molecule has 1 aromatic rings. The maximum Gasteiger partial charge on any atom is 0.230 e. The number of hydrogen-bond donors (Lipinski definition) is 1. The quantitative estimate of drug-likeness (QED) is 0.494. The van der Waals surface area contributed by atoms with E-state index in [4.69, 9.17) is 16.3 Å². The van der Waals surface area contributed by atoms with Crippen molar-refractivity contribution < 1.29 is 14.3 Å². The maximum absolute atomic E-state index is 13.3. The van der Waals surface area contributed by atoms with Gasteiger partial charge in [-0.25, -0.2) is 0 Å². The van der Waals surface area contributed by atoms with E-state index in [9.17, 15) is 9.59 Å². The molecule has 4 unspecified atom stereocenters. The van der Waals surface area contributed by atoms with Crippen LogP contribution in [0.5, 0.6) is 0 Å². The van der Waals surface area contributed by atoms with E-state index in [1.807, 2.05) is 36.4 Å². The van der Waals surface area contributed by atoms with Crippen molar-refractivity contribution in [3.05, 3.63) is 47.0 Å². The van der Waals surface area contributed by atoms with Gasteiger partial charge in [-0.2, -0.15) is 0 Å². The maximum atomic E-state index is 13.3. The van der Waals surface area contributed by atoms with E-state index in [0.29, 0.717) is 24.7 Å². The molecule has 4 atom stereocenters. The van der Waals surface area contributed by atoms with Crippen molar-refractivity contribution in [1.82, 2.24) is 20.0 Å². The van der Waals surface area contributed by atoms with Crippen LogP contribution in [-0.4, -0.2) is 91.1 Å². The van der Waals surface area contributed by atoms with E-state index in [-0.39, 0.29) is 17.9 Å². The highest BCUT2D eigenvalue weighted by atomic mass is 35.5. The summed E-state index contributed by atoms with van der Waals surface area (Å²) >= 11 is 6.31. The molecule has 0 aromatic heterocycles. The number of rotatable bonds is 7. The number of likely N-dealkylation sites (tertiary alicyclic amines) is 1. The molecule has 1 aromatic carbocycles. The number of ether oxygens (including phenoxy) is 1. The fourth-order valence-electron chi connectivity index (χ4n) is 5.55. The zero-order valence-electron chi connectivity index (χ0n) is 18.5. The number of nitrogens with zero attached hydrogens (tertiary/aromatic N) is 3. The van der Waals surface area contributed by atoms with Crippen molar-refractivity contribution in [2.45, 2.75) is 24.7 Å². The predicted molar refractivity (Wildman–Crippen MR) is 122 cm³/mol. The van der Waals surface area contributed by atoms with Crippen molar-refractivity contribution >= 4 is 23.4 Å². The van der Waals surface area contributed by atoms with Crippen LogP contribution in [0.3, 0.4) is 0 Å². The molecular weight excluding hydrogens is 428 g/mol. The van der Waals surface area contributed by atoms with Gasteiger partial charge in [-0.05, 0) is 31.6 Å². The molecule has 7 nitrogen and oxygen atoms in total. The van der Waals surface area contributed by atoms with Gasteiger partial charge in [0.05, 0.1) is 24.5 Å². The van der Waals surface area contributed by atoms with Crippen LogP contribution in [0.25, 0.3) is 0 Å². The molecule has 4 heterocycles. The first-order valence-corrected chi connectivity index (χ1v) is 11.9. The van der Waals surface area contributed by atoms with Crippen molar-refractivity contribution in [1.29, 1.82) is 0 Å². The number of fused-ring (bicyclic) bond motifs is 1. The highest BCUT2D eigenvalue weighted by Crippen LogP contribution is 2.52. The lowest BCUT2D eigenvalue weighted by Gasteiger charge is -2.32. The molecule has 3 fully saturated rings. The number of halogens is 1. The Morgan fingerprint density at radius 3 is 2.81 bits per heavy atom. The number of carbonyl (C=O) groups excluding carboxylic acids is 2. The Bertz CT molecular complexity index is 916. The normalized spacial score (nSPS) is 32.0.